The lowest BCUT2D eigenvalue weighted by molar-refractivity contribution is -0.385. The van der Waals surface area contributed by atoms with Crippen LogP contribution >= 0.6 is 0 Å². The highest BCUT2D eigenvalue weighted by molar-refractivity contribution is 5.90. The maximum atomic E-state index is 12.3. The Kier molecular flexibility index (Phi) is 6.87. The molecule has 1 unspecified atom stereocenters. The van der Waals surface area contributed by atoms with Crippen molar-refractivity contribution in [3.63, 3.8) is 0 Å². The van der Waals surface area contributed by atoms with E-state index in [1.807, 2.05) is 30.3 Å². The topological polar surface area (TPSA) is 122 Å². The Morgan fingerprint density at radius 1 is 1.19 bits per heavy atom. The predicted molar refractivity (Wildman–Crippen MR) is 101 cm³/mol. The summed E-state index contributed by atoms with van der Waals surface area (Å²) in [6, 6.07) is 12.9. The third-order valence-corrected chi connectivity index (χ3v) is 4.03. The van der Waals surface area contributed by atoms with Gasteiger partial charge in [0.25, 0.3) is 5.69 Å². The molecule has 8 nitrogen and oxygen atoms in total. The van der Waals surface area contributed by atoms with E-state index < -0.39 is 16.9 Å². The molecule has 2 aromatic carbocycles. The first-order valence-corrected chi connectivity index (χ1v) is 8.43. The molecule has 8 heteroatoms. The summed E-state index contributed by atoms with van der Waals surface area (Å²) in [7, 11) is 0. The molecule has 0 saturated heterocycles. The van der Waals surface area contributed by atoms with Gasteiger partial charge in [-0.2, -0.15) is 0 Å². The van der Waals surface area contributed by atoms with Gasteiger partial charge in [0.2, 0.25) is 0 Å². The highest BCUT2D eigenvalue weighted by atomic mass is 16.6. The number of rotatable bonds is 8. The van der Waals surface area contributed by atoms with Gasteiger partial charge in [0.05, 0.1) is 4.92 Å². The molecule has 0 heterocycles. The van der Waals surface area contributed by atoms with Gasteiger partial charge in [0.1, 0.15) is 0 Å². The van der Waals surface area contributed by atoms with Crippen molar-refractivity contribution in [2.75, 3.05) is 5.32 Å². The number of nitro groups is 1. The third kappa shape index (κ3) is 6.43. The van der Waals surface area contributed by atoms with Crippen molar-refractivity contribution >= 4 is 23.4 Å². The number of urea groups is 1. The van der Waals surface area contributed by atoms with E-state index >= 15 is 0 Å². The number of amides is 2. The van der Waals surface area contributed by atoms with Crippen LogP contribution in [0.5, 0.6) is 0 Å². The second kappa shape index (κ2) is 9.33. The van der Waals surface area contributed by atoms with Crippen LogP contribution in [0.25, 0.3) is 0 Å². The SMILES string of the molecule is Cc1ccc(NC(=O)NC(CCC(=O)O)Cc2ccccc2)cc1[N+](=O)[O-]. The number of nitrogens with one attached hydrogen (secondary N) is 2. The van der Waals surface area contributed by atoms with Gasteiger partial charge in [0, 0.05) is 29.8 Å². The van der Waals surface area contributed by atoms with Crippen LogP contribution in [0.3, 0.4) is 0 Å². The van der Waals surface area contributed by atoms with E-state index in [1.165, 1.54) is 6.07 Å². The number of hydrogen-bond donors (Lipinski definition) is 3. The lowest BCUT2D eigenvalue weighted by Crippen LogP contribution is -2.39. The Bertz CT molecular complexity index is 823. The van der Waals surface area contributed by atoms with Gasteiger partial charge >= 0.3 is 12.0 Å². The second-order valence-corrected chi connectivity index (χ2v) is 6.18. The molecule has 0 saturated carbocycles. The predicted octanol–water partition coefficient (Wildman–Crippen LogP) is 3.50. The van der Waals surface area contributed by atoms with Crippen molar-refractivity contribution in [1.29, 1.82) is 0 Å². The average Bonchev–Trinajstić information content (AvgIpc) is 2.62. The Hall–Kier alpha value is -3.42. The summed E-state index contributed by atoms with van der Waals surface area (Å²) in [4.78, 5) is 33.7. The van der Waals surface area contributed by atoms with Crippen LogP contribution in [-0.4, -0.2) is 28.1 Å². The van der Waals surface area contributed by atoms with Crippen molar-refractivity contribution in [2.45, 2.75) is 32.2 Å². The molecule has 3 N–H and O–H groups in total. The number of aryl methyl sites for hydroxylation is 1. The van der Waals surface area contributed by atoms with Crippen molar-refractivity contribution in [3.05, 3.63) is 69.8 Å². The van der Waals surface area contributed by atoms with Gasteiger partial charge in [-0.3, -0.25) is 14.9 Å². The van der Waals surface area contributed by atoms with Gasteiger partial charge in [0.15, 0.2) is 0 Å². The number of carboxylic acid groups (broad SMARTS) is 1. The van der Waals surface area contributed by atoms with E-state index in [0.717, 1.165) is 5.56 Å². The number of nitro benzene ring substituents is 1. The first kappa shape index (κ1) is 19.9. The van der Waals surface area contributed by atoms with E-state index in [1.54, 1.807) is 19.1 Å². The van der Waals surface area contributed by atoms with Crippen LogP contribution in [0.2, 0.25) is 0 Å². The molecule has 0 aliphatic heterocycles. The van der Waals surface area contributed by atoms with Gasteiger partial charge in [-0.15, -0.1) is 0 Å². The van der Waals surface area contributed by atoms with E-state index in [9.17, 15) is 19.7 Å². The smallest absolute Gasteiger partial charge is 0.319 e. The van der Waals surface area contributed by atoms with Gasteiger partial charge in [-0.25, -0.2) is 4.79 Å². The van der Waals surface area contributed by atoms with E-state index in [-0.39, 0.29) is 24.6 Å². The molecular weight excluding hydrogens is 350 g/mol. The number of hydrogen-bond acceptors (Lipinski definition) is 4. The molecule has 2 amide bonds. The molecule has 0 fully saturated rings. The van der Waals surface area contributed by atoms with Crippen LogP contribution in [0.4, 0.5) is 16.2 Å². The first-order chi connectivity index (χ1) is 12.8. The molecule has 142 valence electrons. The normalized spacial score (nSPS) is 11.4. The highest BCUT2D eigenvalue weighted by Crippen LogP contribution is 2.22. The fourth-order valence-corrected chi connectivity index (χ4v) is 2.66. The van der Waals surface area contributed by atoms with Crippen LogP contribution in [-0.2, 0) is 11.2 Å². The van der Waals surface area contributed by atoms with Crippen LogP contribution in [0.1, 0.15) is 24.0 Å². The zero-order valence-electron chi connectivity index (χ0n) is 14.8. The average molecular weight is 371 g/mol. The lowest BCUT2D eigenvalue weighted by Gasteiger charge is -2.19. The molecule has 0 aliphatic carbocycles. The maximum absolute atomic E-state index is 12.3. The molecule has 27 heavy (non-hydrogen) atoms. The van der Waals surface area contributed by atoms with E-state index in [2.05, 4.69) is 10.6 Å². The molecule has 2 rings (SSSR count). The number of carbonyl (C=O) groups excluding carboxylic acids is 1. The number of benzene rings is 2. The summed E-state index contributed by atoms with van der Waals surface area (Å²) in [5.74, 6) is -0.940. The fraction of sp³-hybridized carbons (Fsp3) is 0.263. The van der Waals surface area contributed by atoms with Crippen molar-refractivity contribution in [3.8, 4) is 0 Å². The quantitative estimate of drug-likeness (QED) is 0.484. The van der Waals surface area contributed by atoms with Crippen molar-refractivity contribution < 1.29 is 19.6 Å². The molecule has 0 aliphatic rings. The number of carboxylic acids is 1. The summed E-state index contributed by atoms with van der Waals surface area (Å²) < 4.78 is 0. The lowest BCUT2D eigenvalue weighted by atomic mass is 10.0. The summed E-state index contributed by atoms with van der Waals surface area (Å²) in [5, 5.41) is 25.2. The minimum absolute atomic E-state index is 0.0756. The molecule has 0 bridgehead atoms. The number of anilines is 1. The van der Waals surface area contributed by atoms with Gasteiger partial charge < -0.3 is 15.7 Å². The monoisotopic (exact) mass is 371 g/mol. The summed E-state index contributed by atoms with van der Waals surface area (Å²) in [6.45, 7) is 1.61. The molecule has 0 spiro atoms. The summed E-state index contributed by atoms with van der Waals surface area (Å²) >= 11 is 0. The highest BCUT2D eigenvalue weighted by Gasteiger charge is 2.16. The molecular formula is C19H21N3O5. The van der Waals surface area contributed by atoms with Gasteiger partial charge in [-0.05, 0) is 31.4 Å². The standard InChI is InChI=1S/C19H21N3O5/c1-13-7-8-16(12-17(13)22(26)27)21-19(25)20-15(9-10-18(23)24)11-14-5-3-2-4-6-14/h2-8,12,15H,9-11H2,1H3,(H,23,24)(H2,20,21,25). The molecule has 2 aromatic rings. The zero-order chi connectivity index (χ0) is 19.8. The molecule has 0 aromatic heterocycles. The minimum atomic E-state index is -0.940. The first-order valence-electron chi connectivity index (χ1n) is 8.43. The van der Waals surface area contributed by atoms with Crippen LogP contribution in [0.15, 0.2) is 48.5 Å². The fourth-order valence-electron chi connectivity index (χ4n) is 2.66. The third-order valence-electron chi connectivity index (χ3n) is 4.03. The van der Waals surface area contributed by atoms with E-state index in [0.29, 0.717) is 17.7 Å². The van der Waals surface area contributed by atoms with Crippen molar-refractivity contribution in [2.24, 2.45) is 0 Å². The Labute approximate surface area is 156 Å². The van der Waals surface area contributed by atoms with E-state index in [4.69, 9.17) is 5.11 Å². The Balaban J connectivity index is 2.05. The zero-order valence-corrected chi connectivity index (χ0v) is 14.8. The number of carbonyl (C=O) groups is 2. The minimum Gasteiger partial charge on any atom is -0.481 e. The molecule has 0 radical (unpaired) electrons. The van der Waals surface area contributed by atoms with Crippen LogP contribution < -0.4 is 10.6 Å². The largest absolute Gasteiger partial charge is 0.481 e. The maximum Gasteiger partial charge on any atom is 0.319 e. The summed E-state index contributed by atoms with van der Waals surface area (Å²) in [5.41, 5.74) is 1.68. The van der Waals surface area contributed by atoms with Gasteiger partial charge in [-0.1, -0.05) is 36.4 Å². The summed E-state index contributed by atoms with van der Waals surface area (Å²) in [6.07, 6.45) is 0.676. The van der Waals surface area contributed by atoms with Crippen LogP contribution in [0, 0.1) is 17.0 Å². The Morgan fingerprint density at radius 2 is 1.89 bits per heavy atom. The number of aliphatic carboxylic acids is 1. The molecule has 1 atom stereocenters. The van der Waals surface area contributed by atoms with Crippen molar-refractivity contribution in [1.82, 2.24) is 5.32 Å². The number of nitrogens with zero attached hydrogens (tertiary/aromatic N) is 1. The Morgan fingerprint density at radius 3 is 2.52 bits per heavy atom. The second-order valence-electron chi connectivity index (χ2n) is 6.18.